The third-order valence-corrected chi connectivity index (χ3v) is 4.32. The molecule has 1 aromatic rings. The number of rotatable bonds is 5. The molecule has 0 radical (unpaired) electrons. The van der Waals surface area contributed by atoms with Gasteiger partial charge in [-0.05, 0) is 6.92 Å². The molecule has 90 valence electrons. The van der Waals surface area contributed by atoms with Crippen molar-refractivity contribution in [1.82, 2.24) is 14.5 Å². The third-order valence-electron chi connectivity index (χ3n) is 2.14. The average molecular weight is 262 g/mol. The van der Waals surface area contributed by atoms with Crippen LogP contribution in [-0.4, -0.2) is 41.5 Å². The van der Waals surface area contributed by atoms with Crippen LogP contribution >= 0.6 is 12.2 Å². The van der Waals surface area contributed by atoms with Crippen LogP contribution in [0.1, 0.15) is 12.1 Å². The molecule has 8 heteroatoms. The molecule has 16 heavy (non-hydrogen) atoms. The van der Waals surface area contributed by atoms with Crippen molar-refractivity contribution in [3.05, 3.63) is 11.9 Å². The van der Waals surface area contributed by atoms with E-state index in [1.54, 1.807) is 6.92 Å². The number of nitrogens with one attached hydrogen (secondary N) is 1. The second kappa shape index (κ2) is 4.89. The van der Waals surface area contributed by atoms with E-state index < -0.39 is 10.0 Å². The fourth-order valence-electron chi connectivity index (χ4n) is 1.16. The van der Waals surface area contributed by atoms with Gasteiger partial charge in [0.25, 0.3) is 0 Å². The van der Waals surface area contributed by atoms with Crippen molar-refractivity contribution >= 4 is 27.2 Å². The van der Waals surface area contributed by atoms with Crippen LogP contribution in [0, 0.1) is 6.92 Å². The highest BCUT2D eigenvalue weighted by Gasteiger charge is 2.23. The van der Waals surface area contributed by atoms with Crippen LogP contribution in [0.15, 0.2) is 11.1 Å². The van der Waals surface area contributed by atoms with Crippen molar-refractivity contribution in [2.45, 2.75) is 18.2 Å². The highest BCUT2D eigenvalue weighted by molar-refractivity contribution is 7.89. The average Bonchev–Trinajstić information content (AvgIpc) is 2.61. The minimum Gasteiger partial charge on any atom is -0.393 e. The highest BCUT2D eigenvalue weighted by Crippen LogP contribution is 2.16. The molecule has 0 aliphatic carbocycles. The monoisotopic (exact) mass is 262 g/mol. The second-order valence-electron chi connectivity index (χ2n) is 3.40. The summed E-state index contributed by atoms with van der Waals surface area (Å²) in [6, 6.07) is 0. The number of aromatic amines is 1. The van der Waals surface area contributed by atoms with Crippen LogP contribution in [0.5, 0.6) is 0 Å². The van der Waals surface area contributed by atoms with Crippen LogP contribution < -0.4 is 5.73 Å². The van der Waals surface area contributed by atoms with E-state index in [9.17, 15) is 8.42 Å². The molecule has 0 bridgehead atoms. The number of nitrogens with two attached hydrogens (primary N) is 1. The van der Waals surface area contributed by atoms with Gasteiger partial charge in [0.1, 0.15) is 4.90 Å². The molecule has 3 N–H and O–H groups in total. The predicted molar refractivity (Wildman–Crippen MR) is 64.5 cm³/mol. The maximum absolute atomic E-state index is 12.0. The molecule has 0 saturated carbocycles. The molecule has 0 aliphatic heterocycles. The Hall–Kier alpha value is -0.990. The Morgan fingerprint density at radius 3 is 2.75 bits per heavy atom. The first-order valence-electron chi connectivity index (χ1n) is 4.60. The molecule has 6 nitrogen and oxygen atoms in total. The molecule has 0 aromatic carbocycles. The summed E-state index contributed by atoms with van der Waals surface area (Å²) in [5.41, 5.74) is 5.84. The Balaban J connectivity index is 2.86. The van der Waals surface area contributed by atoms with Gasteiger partial charge in [0.05, 0.1) is 16.9 Å². The van der Waals surface area contributed by atoms with E-state index in [0.717, 1.165) is 0 Å². The van der Waals surface area contributed by atoms with Crippen LogP contribution in [0.2, 0.25) is 0 Å². The number of aryl methyl sites for hydroxylation is 1. The Morgan fingerprint density at radius 1 is 1.69 bits per heavy atom. The van der Waals surface area contributed by atoms with Crippen LogP contribution in [0.3, 0.4) is 0 Å². The summed E-state index contributed by atoms with van der Waals surface area (Å²) in [5.74, 6) is 0. The zero-order valence-electron chi connectivity index (χ0n) is 9.10. The van der Waals surface area contributed by atoms with Crippen LogP contribution in [-0.2, 0) is 10.0 Å². The molecule has 1 aromatic heterocycles. The molecule has 0 aliphatic rings. The summed E-state index contributed by atoms with van der Waals surface area (Å²) < 4.78 is 25.2. The molecule has 0 amide bonds. The van der Waals surface area contributed by atoms with Gasteiger partial charge in [-0.15, -0.1) is 0 Å². The molecule has 1 rings (SSSR count). The number of hydrogen-bond acceptors (Lipinski definition) is 4. The van der Waals surface area contributed by atoms with Crippen LogP contribution in [0.4, 0.5) is 0 Å². The SMILES string of the molecule is Cc1[nH]ncc1S(=O)(=O)N(C)CCC(N)=S. The van der Waals surface area contributed by atoms with Gasteiger partial charge in [-0.3, -0.25) is 5.10 Å². The van der Waals surface area contributed by atoms with E-state index in [1.165, 1.54) is 17.5 Å². The summed E-state index contributed by atoms with van der Waals surface area (Å²) in [7, 11) is -2.01. The molecule has 0 atom stereocenters. The molecule has 0 saturated heterocycles. The fraction of sp³-hybridized carbons (Fsp3) is 0.500. The van der Waals surface area contributed by atoms with Crippen molar-refractivity contribution in [3.8, 4) is 0 Å². The van der Waals surface area contributed by atoms with Crippen molar-refractivity contribution < 1.29 is 8.42 Å². The number of hydrogen-bond donors (Lipinski definition) is 2. The largest absolute Gasteiger partial charge is 0.393 e. The Bertz CT molecular complexity index is 480. The lowest BCUT2D eigenvalue weighted by atomic mass is 10.4. The van der Waals surface area contributed by atoms with Crippen molar-refractivity contribution in [1.29, 1.82) is 0 Å². The third kappa shape index (κ3) is 2.77. The van der Waals surface area contributed by atoms with Gasteiger partial charge in [-0.1, -0.05) is 12.2 Å². The van der Waals surface area contributed by atoms with Gasteiger partial charge in [-0.2, -0.15) is 5.10 Å². The van der Waals surface area contributed by atoms with E-state index in [4.69, 9.17) is 18.0 Å². The molecular weight excluding hydrogens is 248 g/mol. The van der Waals surface area contributed by atoms with Gasteiger partial charge < -0.3 is 5.73 Å². The molecule has 0 fully saturated rings. The Kier molecular flexibility index (Phi) is 4.00. The highest BCUT2D eigenvalue weighted by atomic mass is 32.2. The molecule has 1 heterocycles. The minimum absolute atomic E-state index is 0.179. The lowest BCUT2D eigenvalue weighted by molar-refractivity contribution is 0.478. The number of thiocarbonyl (C=S) groups is 1. The lowest BCUT2D eigenvalue weighted by Gasteiger charge is -2.15. The molecular formula is C8H14N4O2S2. The van der Waals surface area contributed by atoms with Gasteiger partial charge in [0.2, 0.25) is 10.0 Å². The van der Waals surface area contributed by atoms with Gasteiger partial charge in [0, 0.05) is 20.0 Å². The van der Waals surface area contributed by atoms with E-state index >= 15 is 0 Å². The summed E-state index contributed by atoms with van der Waals surface area (Å²) >= 11 is 4.70. The summed E-state index contributed by atoms with van der Waals surface area (Å²) in [4.78, 5) is 0.476. The zero-order valence-corrected chi connectivity index (χ0v) is 10.7. The maximum Gasteiger partial charge on any atom is 0.246 e. The topological polar surface area (TPSA) is 92.1 Å². The second-order valence-corrected chi connectivity index (χ2v) is 5.94. The standard InChI is InChI=1S/C8H14N4O2S2/c1-6-7(5-10-11-6)16(13,14)12(2)4-3-8(9)15/h5H,3-4H2,1-2H3,(H2,9,15)(H,10,11). The summed E-state index contributed by atoms with van der Waals surface area (Å²) in [5, 5.41) is 6.27. The number of H-pyrrole nitrogens is 1. The first-order valence-corrected chi connectivity index (χ1v) is 6.45. The van der Waals surface area contributed by atoms with Crippen molar-refractivity contribution in [2.75, 3.05) is 13.6 Å². The lowest BCUT2D eigenvalue weighted by Crippen LogP contribution is -2.30. The van der Waals surface area contributed by atoms with E-state index in [-0.39, 0.29) is 11.4 Å². The van der Waals surface area contributed by atoms with Gasteiger partial charge >= 0.3 is 0 Å². The predicted octanol–water partition coefficient (Wildman–Crippen LogP) is 0.0148. The van der Waals surface area contributed by atoms with E-state index in [0.29, 0.717) is 17.1 Å². The minimum atomic E-state index is -3.50. The number of sulfonamides is 1. The molecule has 0 spiro atoms. The summed E-state index contributed by atoms with van der Waals surface area (Å²) in [6.45, 7) is 1.92. The van der Waals surface area contributed by atoms with E-state index in [1.807, 2.05) is 0 Å². The number of aromatic nitrogens is 2. The Labute approximate surface area is 99.9 Å². The van der Waals surface area contributed by atoms with Crippen molar-refractivity contribution in [2.24, 2.45) is 5.73 Å². The van der Waals surface area contributed by atoms with Crippen LogP contribution in [0.25, 0.3) is 0 Å². The smallest absolute Gasteiger partial charge is 0.246 e. The Morgan fingerprint density at radius 2 is 2.31 bits per heavy atom. The maximum atomic E-state index is 12.0. The zero-order chi connectivity index (χ0) is 12.3. The van der Waals surface area contributed by atoms with Crippen molar-refractivity contribution in [3.63, 3.8) is 0 Å². The summed E-state index contributed by atoms with van der Waals surface area (Å²) in [6.07, 6.45) is 1.66. The molecule has 0 unspecified atom stereocenters. The normalized spacial score (nSPS) is 11.9. The van der Waals surface area contributed by atoms with Gasteiger partial charge in [-0.25, -0.2) is 12.7 Å². The van der Waals surface area contributed by atoms with Gasteiger partial charge in [0.15, 0.2) is 0 Å². The quantitative estimate of drug-likeness (QED) is 0.730. The first-order chi connectivity index (χ1) is 7.35. The first kappa shape index (κ1) is 13.1. The fourth-order valence-corrected chi connectivity index (χ4v) is 2.53. The number of nitrogens with zero attached hydrogens (tertiary/aromatic N) is 2. The van der Waals surface area contributed by atoms with E-state index in [2.05, 4.69) is 10.2 Å².